The van der Waals surface area contributed by atoms with Gasteiger partial charge in [-0.3, -0.25) is 9.78 Å². The van der Waals surface area contributed by atoms with Crippen LogP contribution in [0.25, 0.3) is 0 Å². The first-order chi connectivity index (χ1) is 15.1. The molecule has 1 aromatic heterocycles. The zero-order valence-corrected chi connectivity index (χ0v) is 17.4. The fraction of sp³-hybridized carbons (Fsp3) is 0.208. The Morgan fingerprint density at radius 3 is 2.45 bits per heavy atom. The van der Waals surface area contributed by atoms with E-state index < -0.39 is 0 Å². The number of carbonyl (C=O) groups is 2. The van der Waals surface area contributed by atoms with Crippen LogP contribution in [0.1, 0.15) is 22.4 Å². The Kier molecular flexibility index (Phi) is 7.99. The van der Waals surface area contributed by atoms with Crippen molar-refractivity contribution in [3.05, 3.63) is 95.3 Å². The number of benzene rings is 2. The molecule has 0 unspecified atom stereocenters. The second-order valence-corrected chi connectivity index (χ2v) is 7.06. The number of nitrogens with zero attached hydrogens (tertiary/aromatic N) is 1. The maximum absolute atomic E-state index is 12.0. The molecule has 3 aromatic rings. The van der Waals surface area contributed by atoms with Crippen molar-refractivity contribution in [3.63, 3.8) is 0 Å². The van der Waals surface area contributed by atoms with Crippen LogP contribution in [0.5, 0.6) is 5.75 Å². The van der Waals surface area contributed by atoms with Crippen LogP contribution >= 0.6 is 0 Å². The van der Waals surface area contributed by atoms with Gasteiger partial charge in [-0.1, -0.05) is 48.0 Å². The monoisotopic (exact) mass is 418 g/mol. The lowest BCUT2D eigenvalue weighted by atomic mass is 10.1. The zero-order chi connectivity index (χ0) is 21.9. The molecule has 2 aromatic carbocycles. The van der Waals surface area contributed by atoms with Crippen molar-refractivity contribution in [3.8, 4) is 5.75 Å². The van der Waals surface area contributed by atoms with Gasteiger partial charge in [0, 0.05) is 19.3 Å². The van der Waals surface area contributed by atoms with E-state index in [1.54, 1.807) is 6.20 Å². The van der Waals surface area contributed by atoms with E-state index in [9.17, 15) is 9.59 Å². The van der Waals surface area contributed by atoms with E-state index in [1.165, 1.54) is 0 Å². The van der Waals surface area contributed by atoms with Gasteiger partial charge in [-0.05, 0) is 42.3 Å². The van der Waals surface area contributed by atoms with Gasteiger partial charge < -0.3 is 20.7 Å². The third-order valence-electron chi connectivity index (χ3n) is 4.48. The Balaban J connectivity index is 1.36. The number of hydrogen-bond donors (Lipinski definition) is 3. The van der Waals surface area contributed by atoms with Crippen molar-refractivity contribution in [2.75, 3.05) is 6.54 Å². The highest BCUT2D eigenvalue weighted by molar-refractivity contribution is 5.83. The normalized spacial score (nSPS) is 10.2. The Labute approximate surface area is 181 Å². The molecule has 31 heavy (non-hydrogen) atoms. The number of hydrogen-bond acceptors (Lipinski definition) is 4. The van der Waals surface area contributed by atoms with E-state index in [4.69, 9.17) is 4.74 Å². The molecule has 160 valence electrons. The quantitative estimate of drug-likeness (QED) is 0.498. The maximum atomic E-state index is 12.0. The minimum Gasteiger partial charge on any atom is -0.487 e. The van der Waals surface area contributed by atoms with Crippen molar-refractivity contribution < 1.29 is 14.3 Å². The van der Waals surface area contributed by atoms with Gasteiger partial charge in [-0.2, -0.15) is 0 Å². The minimum absolute atomic E-state index is 0.102. The SMILES string of the molecule is Cc1ccc(CNC(=O)NCC(=O)NCc2cccc(OCc3ccccn3)c2)cc1. The van der Waals surface area contributed by atoms with Crippen molar-refractivity contribution in [2.24, 2.45) is 0 Å². The number of aromatic nitrogens is 1. The number of urea groups is 1. The number of rotatable bonds is 9. The molecule has 1 heterocycles. The van der Waals surface area contributed by atoms with Crippen LogP contribution in [0.3, 0.4) is 0 Å². The van der Waals surface area contributed by atoms with E-state index in [-0.39, 0.29) is 18.5 Å². The summed E-state index contributed by atoms with van der Waals surface area (Å²) in [6.45, 7) is 3.02. The Hall–Kier alpha value is -3.87. The molecule has 3 rings (SSSR count). The summed E-state index contributed by atoms with van der Waals surface area (Å²) >= 11 is 0. The number of nitrogens with one attached hydrogen (secondary N) is 3. The molecule has 3 amide bonds. The first kappa shape index (κ1) is 21.8. The standard InChI is InChI=1S/C24H26N4O3/c1-18-8-10-19(11-9-18)14-27-24(30)28-16-23(29)26-15-20-5-4-7-22(13-20)31-17-21-6-2-3-12-25-21/h2-13H,14-17H2,1H3,(H,26,29)(H2,27,28,30). The summed E-state index contributed by atoms with van der Waals surface area (Å²) in [5, 5.41) is 8.07. The van der Waals surface area contributed by atoms with Crippen LogP contribution in [0.2, 0.25) is 0 Å². The Morgan fingerprint density at radius 2 is 1.68 bits per heavy atom. The lowest BCUT2D eigenvalue weighted by Crippen LogP contribution is -2.41. The molecule has 3 N–H and O–H groups in total. The van der Waals surface area contributed by atoms with Gasteiger partial charge in [0.15, 0.2) is 0 Å². The Morgan fingerprint density at radius 1 is 0.871 bits per heavy atom. The van der Waals surface area contributed by atoms with Crippen molar-refractivity contribution in [2.45, 2.75) is 26.6 Å². The summed E-state index contributed by atoms with van der Waals surface area (Å²) in [5.41, 5.74) is 3.90. The predicted octanol–water partition coefficient (Wildman–Crippen LogP) is 3.08. The molecule has 0 atom stereocenters. The molecule has 0 aliphatic carbocycles. The topological polar surface area (TPSA) is 92.4 Å². The molecule has 0 saturated heterocycles. The summed E-state index contributed by atoms with van der Waals surface area (Å²) in [7, 11) is 0. The molecule has 7 nitrogen and oxygen atoms in total. The molecule has 7 heteroatoms. The number of amides is 3. The van der Waals surface area contributed by atoms with Gasteiger partial charge >= 0.3 is 6.03 Å². The third-order valence-corrected chi connectivity index (χ3v) is 4.48. The maximum Gasteiger partial charge on any atom is 0.315 e. The second kappa shape index (κ2) is 11.3. The third kappa shape index (κ3) is 7.81. The summed E-state index contributed by atoms with van der Waals surface area (Å²) in [5.74, 6) is 0.427. The van der Waals surface area contributed by atoms with Crippen LogP contribution in [-0.2, 0) is 24.5 Å². The zero-order valence-electron chi connectivity index (χ0n) is 17.4. The predicted molar refractivity (Wildman–Crippen MR) is 118 cm³/mol. The minimum atomic E-state index is -0.388. The fourth-order valence-electron chi connectivity index (χ4n) is 2.76. The molecule has 0 saturated carbocycles. The summed E-state index contributed by atoms with van der Waals surface area (Å²) in [6.07, 6.45) is 1.72. The average molecular weight is 418 g/mol. The summed E-state index contributed by atoms with van der Waals surface area (Å²) in [4.78, 5) is 28.1. The van der Waals surface area contributed by atoms with Crippen molar-refractivity contribution in [1.29, 1.82) is 0 Å². The van der Waals surface area contributed by atoms with Gasteiger partial charge in [0.2, 0.25) is 5.91 Å². The lowest BCUT2D eigenvalue weighted by Gasteiger charge is -2.10. The molecular weight excluding hydrogens is 392 g/mol. The molecule has 0 spiro atoms. The first-order valence-electron chi connectivity index (χ1n) is 10.0. The van der Waals surface area contributed by atoms with Gasteiger partial charge in [-0.15, -0.1) is 0 Å². The summed E-state index contributed by atoms with van der Waals surface area (Å²) in [6, 6.07) is 20.6. The highest BCUT2D eigenvalue weighted by atomic mass is 16.5. The largest absolute Gasteiger partial charge is 0.487 e. The van der Waals surface area contributed by atoms with Crippen LogP contribution < -0.4 is 20.7 Å². The highest BCUT2D eigenvalue weighted by Crippen LogP contribution is 2.14. The average Bonchev–Trinajstić information content (AvgIpc) is 2.80. The van der Waals surface area contributed by atoms with Crippen LogP contribution in [0.15, 0.2) is 72.9 Å². The Bertz CT molecular complexity index is 991. The molecule has 0 fully saturated rings. The van der Waals surface area contributed by atoms with E-state index in [0.29, 0.717) is 25.4 Å². The molecule has 0 radical (unpaired) electrons. The fourth-order valence-corrected chi connectivity index (χ4v) is 2.76. The van der Waals surface area contributed by atoms with Gasteiger partial charge in [0.05, 0.1) is 12.2 Å². The lowest BCUT2D eigenvalue weighted by molar-refractivity contribution is -0.120. The van der Waals surface area contributed by atoms with Crippen molar-refractivity contribution >= 4 is 11.9 Å². The smallest absolute Gasteiger partial charge is 0.315 e. The van der Waals surface area contributed by atoms with Gasteiger partial charge in [0.1, 0.15) is 12.4 Å². The molecule has 0 aliphatic rings. The van der Waals surface area contributed by atoms with E-state index >= 15 is 0 Å². The van der Waals surface area contributed by atoms with E-state index in [0.717, 1.165) is 22.4 Å². The van der Waals surface area contributed by atoms with E-state index in [1.807, 2.05) is 73.7 Å². The van der Waals surface area contributed by atoms with Crippen molar-refractivity contribution in [1.82, 2.24) is 20.9 Å². The van der Waals surface area contributed by atoms with Crippen LogP contribution in [0.4, 0.5) is 4.79 Å². The summed E-state index contributed by atoms with van der Waals surface area (Å²) < 4.78 is 5.75. The van der Waals surface area contributed by atoms with Crippen LogP contribution in [0, 0.1) is 6.92 Å². The number of ether oxygens (including phenoxy) is 1. The van der Waals surface area contributed by atoms with Gasteiger partial charge in [-0.25, -0.2) is 4.79 Å². The highest BCUT2D eigenvalue weighted by Gasteiger charge is 2.06. The second-order valence-electron chi connectivity index (χ2n) is 7.06. The molecule has 0 aliphatic heterocycles. The first-order valence-corrected chi connectivity index (χ1v) is 10.0. The van der Waals surface area contributed by atoms with Gasteiger partial charge in [0.25, 0.3) is 0 Å². The van der Waals surface area contributed by atoms with Crippen LogP contribution in [-0.4, -0.2) is 23.5 Å². The molecule has 0 bridgehead atoms. The number of carbonyl (C=O) groups excluding carboxylic acids is 2. The molecular formula is C24H26N4O3. The number of pyridine rings is 1. The van der Waals surface area contributed by atoms with E-state index in [2.05, 4.69) is 20.9 Å². The number of aryl methyl sites for hydroxylation is 1.